The van der Waals surface area contributed by atoms with Crippen molar-refractivity contribution in [3.05, 3.63) is 70.2 Å². The van der Waals surface area contributed by atoms with Crippen molar-refractivity contribution in [3.63, 3.8) is 0 Å². The van der Waals surface area contributed by atoms with Gasteiger partial charge in [-0.15, -0.1) is 12.3 Å². The predicted molar refractivity (Wildman–Crippen MR) is 144 cm³/mol. The Morgan fingerprint density at radius 2 is 1.71 bits per heavy atom. The highest BCUT2D eigenvalue weighted by Crippen LogP contribution is 2.43. The van der Waals surface area contributed by atoms with Gasteiger partial charge in [0.15, 0.2) is 0 Å². The zero-order valence-electron chi connectivity index (χ0n) is 20.0. The third-order valence-corrected chi connectivity index (χ3v) is 7.70. The van der Waals surface area contributed by atoms with E-state index in [2.05, 4.69) is 31.6 Å². The smallest absolute Gasteiger partial charge is 0.253 e. The lowest BCUT2D eigenvalue weighted by Gasteiger charge is -2.44. The molecule has 0 radical (unpaired) electrons. The van der Waals surface area contributed by atoms with Gasteiger partial charge in [-0.1, -0.05) is 74.3 Å². The quantitative estimate of drug-likeness (QED) is 0.377. The minimum atomic E-state index is -0.528. The van der Waals surface area contributed by atoms with Crippen LogP contribution in [0.25, 0.3) is 0 Å². The number of nitrogens with zero attached hydrogens (tertiary/aromatic N) is 1. The first-order chi connectivity index (χ1) is 16.2. The molecule has 1 aliphatic heterocycles. The number of ether oxygens (including phenoxy) is 1. The van der Waals surface area contributed by atoms with E-state index in [0.717, 1.165) is 16.3 Å². The molecule has 1 amide bonds. The average molecular weight is 519 g/mol. The summed E-state index contributed by atoms with van der Waals surface area (Å²) in [7, 11) is 0. The molecule has 0 aromatic heterocycles. The highest BCUT2D eigenvalue weighted by molar-refractivity contribution is 8.00. The number of carbonyl (C=O) groups excluding carboxylic acids is 1. The van der Waals surface area contributed by atoms with Gasteiger partial charge < -0.3 is 9.64 Å². The molecule has 34 heavy (non-hydrogen) atoms. The number of hydrogen-bond acceptors (Lipinski definition) is 3. The molecule has 3 atom stereocenters. The van der Waals surface area contributed by atoms with Crippen LogP contribution in [-0.4, -0.2) is 40.1 Å². The highest BCUT2D eigenvalue weighted by Gasteiger charge is 2.45. The molecule has 2 aromatic carbocycles. The summed E-state index contributed by atoms with van der Waals surface area (Å²) in [5.41, 5.74) is 1.07. The van der Waals surface area contributed by atoms with E-state index in [1.54, 1.807) is 0 Å². The number of rotatable bonds is 6. The van der Waals surface area contributed by atoms with Gasteiger partial charge in [-0.3, -0.25) is 4.79 Å². The van der Waals surface area contributed by atoms with E-state index < -0.39 is 6.10 Å². The number of thioether (sulfide) groups is 1. The van der Waals surface area contributed by atoms with Crippen molar-refractivity contribution in [2.24, 2.45) is 5.92 Å². The lowest BCUT2D eigenvalue weighted by atomic mass is 9.98. The van der Waals surface area contributed by atoms with Gasteiger partial charge in [0.05, 0.1) is 12.6 Å². The second kappa shape index (κ2) is 12.4. The van der Waals surface area contributed by atoms with Crippen LogP contribution in [0.4, 0.5) is 0 Å². The SMILES string of the molecule is C#CCC1OCC(c2ccc(Cl)cc2)N(C(CSC(C)(C)C)C2CC2)C1=O.Clc1ccccc1. The molecule has 6 heteroatoms. The van der Waals surface area contributed by atoms with Crippen molar-refractivity contribution >= 4 is 40.9 Å². The summed E-state index contributed by atoms with van der Waals surface area (Å²) >= 11 is 13.5. The molecule has 0 N–H and O–H groups in total. The summed E-state index contributed by atoms with van der Waals surface area (Å²) in [6.07, 6.45) is 7.65. The fourth-order valence-corrected chi connectivity index (χ4v) is 5.32. The summed E-state index contributed by atoms with van der Waals surface area (Å²) < 4.78 is 6.04. The maximum Gasteiger partial charge on any atom is 0.253 e. The molecule has 3 unspecified atom stereocenters. The fourth-order valence-electron chi connectivity index (χ4n) is 3.94. The number of carbonyl (C=O) groups is 1. The molecule has 0 bridgehead atoms. The Hall–Kier alpha value is -1.64. The minimum Gasteiger partial charge on any atom is -0.365 e. The standard InChI is InChI=1S/C22H28ClNO2S.C6H5Cl/c1-5-6-20-21(25)24(19(16-7-8-16)14-27-22(2,3)4)18(13-26-20)15-9-11-17(23)12-10-15;7-6-4-2-1-3-5-6/h1,9-12,16,18-20H,6-8,13-14H2,2-4H3;1-5H. The Kier molecular flexibility index (Phi) is 9.80. The Bertz CT molecular complexity index is 965. The first-order valence-electron chi connectivity index (χ1n) is 11.7. The number of benzene rings is 2. The number of halogens is 2. The Morgan fingerprint density at radius 3 is 2.21 bits per heavy atom. The molecular formula is C28H33Cl2NO2S. The van der Waals surface area contributed by atoms with Gasteiger partial charge in [0.2, 0.25) is 0 Å². The van der Waals surface area contributed by atoms with Crippen LogP contribution in [0, 0.1) is 18.3 Å². The highest BCUT2D eigenvalue weighted by atomic mass is 35.5. The van der Waals surface area contributed by atoms with Gasteiger partial charge in [0, 0.05) is 33.0 Å². The van der Waals surface area contributed by atoms with Gasteiger partial charge in [-0.05, 0) is 48.6 Å². The maximum absolute atomic E-state index is 13.3. The molecule has 4 rings (SSSR count). The van der Waals surface area contributed by atoms with E-state index in [0.29, 0.717) is 24.0 Å². The number of terminal acetylenes is 1. The summed E-state index contributed by atoms with van der Waals surface area (Å²) in [4.78, 5) is 15.4. The zero-order chi connectivity index (χ0) is 24.7. The van der Waals surface area contributed by atoms with Crippen LogP contribution >= 0.6 is 35.0 Å². The summed E-state index contributed by atoms with van der Waals surface area (Å²) in [6, 6.07) is 17.3. The summed E-state index contributed by atoms with van der Waals surface area (Å²) in [5, 5.41) is 1.49. The molecule has 3 nitrogen and oxygen atoms in total. The van der Waals surface area contributed by atoms with Gasteiger partial charge in [0.25, 0.3) is 5.91 Å². The normalized spacial score (nSPS) is 21.3. The summed E-state index contributed by atoms with van der Waals surface area (Å²) in [6.45, 7) is 7.14. The largest absolute Gasteiger partial charge is 0.365 e. The Labute approximate surface area is 218 Å². The van der Waals surface area contributed by atoms with Crippen molar-refractivity contribution in [2.45, 2.75) is 63.0 Å². The van der Waals surface area contributed by atoms with Crippen LogP contribution < -0.4 is 0 Å². The van der Waals surface area contributed by atoms with Crippen molar-refractivity contribution in [1.82, 2.24) is 4.90 Å². The van der Waals surface area contributed by atoms with Crippen LogP contribution in [0.3, 0.4) is 0 Å². The molecular weight excluding hydrogens is 485 g/mol. The second-order valence-electron chi connectivity index (χ2n) is 9.67. The number of morpholine rings is 1. The van der Waals surface area contributed by atoms with Gasteiger partial charge in [0.1, 0.15) is 6.10 Å². The predicted octanol–water partition coefficient (Wildman–Crippen LogP) is 7.28. The molecule has 1 heterocycles. The van der Waals surface area contributed by atoms with E-state index in [1.165, 1.54) is 12.8 Å². The van der Waals surface area contributed by atoms with E-state index in [9.17, 15) is 4.79 Å². The van der Waals surface area contributed by atoms with Gasteiger partial charge >= 0.3 is 0 Å². The number of amides is 1. The molecule has 2 fully saturated rings. The van der Waals surface area contributed by atoms with Crippen LogP contribution in [0.1, 0.15) is 51.6 Å². The molecule has 1 saturated carbocycles. The first-order valence-corrected chi connectivity index (χ1v) is 13.4. The fraction of sp³-hybridized carbons (Fsp3) is 0.464. The van der Waals surface area contributed by atoms with E-state index in [-0.39, 0.29) is 22.7 Å². The topological polar surface area (TPSA) is 29.5 Å². The van der Waals surface area contributed by atoms with E-state index in [1.807, 2.05) is 66.4 Å². The van der Waals surface area contributed by atoms with Crippen molar-refractivity contribution in [2.75, 3.05) is 12.4 Å². The van der Waals surface area contributed by atoms with Crippen molar-refractivity contribution in [3.8, 4) is 12.3 Å². The van der Waals surface area contributed by atoms with Crippen LogP contribution in [0.2, 0.25) is 10.0 Å². The lowest BCUT2D eigenvalue weighted by molar-refractivity contribution is -0.163. The molecule has 2 aromatic rings. The zero-order valence-corrected chi connectivity index (χ0v) is 22.4. The molecule has 2 aliphatic rings. The monoisotopic (exact) mass is 517 g/mol. The van der Waals surface area contributed by atoms with E-state index >= 15 is 0 Å². The van der Waals surface area contributed by atoms with E-state index in [4.69, 9.17) is 34.4 Å². The van der Waals surface area contributed by atoms with Gasteiger partial charge in [-0.2, -0.15) is 11.8 Å². The Morgan fingerprint density at radius 1 is 1.09 bits per heavy atom. The van der Waals surface area contributed by atoms with Crippen molar-refractivity contribution < 1.29 is 9.53 Å². The lowest BCUT2D eigenvalue weighted by Crippen LogP contribution is -2.55. The molecule has 1 aliphatic carbocycles. The average Bonchev–Trinajstić information content (AvgIpc) is 3.63. The number of hydrogen-bond donors (Lipinski definition) is 0. The van der Waals surface area contributed by atoms with Crippen LogP contribution in [-0.2, 0) is 9.53 Å². The Balaban J connectivity index is 0.000000396. The summed E-state index contributed by atoms with van der Waals surface area (Å²) in [5.74, 6) is 4.14. The first kappa shape index (κ1) is 27.0. The van der Waals surface area contributed by atoms with Crippen LogP contribution in [0.15, 0.2) is 54.6 Å². The third-order valence-electron chi connectivity index (χ3n) is 5.82. The maximum atomic E-state index is 13.3. The molecule has 1 saturated heterocycles. The van der Waals surface area contributed by atoms with Gasteiger partial charge in [-0.25, -0.2) is 0 Å². The second-order valence-corrected chi connectivity index (χ2v) is 12.4. The molecule has 182 valence electrons. The van der Waals surface area contributed by atoms with Crippen molar-refractivity contribution in [1.29, 1.82) is 0 Å². The third kappa shape index (κ3) is 7.95. The minimum absolute atomic E-state index is 0.0329. The van der Waals surface area contributed by atoms with Crippen LogP contribution in [0.5, 0.6) is 0 Å². The molecule has 0 spiro atoms.